The van der Waals surface area contributed by atoms with E-state index in [0.717, 1.165) is 26.1 Å². The van der Waals surface area contributed by atoms with Gasteiger partial charge in [-0.15, -0.1) is 0 Å². The standard InChI is InChI=1S/C14H21NO/c1-2-9-15-10-8-14(16)13(11-15)12-6-4-3-5-7-12/h3-7,13-14,16H,2,8-11H2,1H3. The molecule has 2 heteroatoms. The Labute approximate surface area is 97.9 Å². The quantitative estimate of drug-likeness (QED) is 0.843. The molecule has 1 aromatic rings. The van der Waals surface area contributed by atoms with Crippen molar-refractivity contribution in [1.29, 1.82) is 0 Å². The molecule has 2 unspecified atom stereocenters. The Morgan fingerprint density at radius 3 is 2.75 bits per heavy atom. The first kappa shape index (κ1) is 11.6. The Balaban J connectivity index is 2.07. The van der Waals surface area contributed by atoms with Crippen molar-refractivity contribution in [3.05, 3.63) is 35.9 Å². The second-order valence-corrected chi connectivity index (χ2v) is 4.67. The van der Waals surface area contributed by atoms with Gasteiger partial charge in [0.1, 0.15) is 0 Å². The highest BCUT2D eigenvalue weighted by atomic mass is 16.3. The molecule has 1 aliphatic rings. The number of hydrogen-bond donors (Lipinski definition) is 1. The number of nitrogens with zero attached hydrogens (tertiary/aromatic N) is 1. The summed E-state index contributed by atoms with van der Waals surface area (Å²) in [5.41, 5.74) is 1.27. The fourth-order valence-corrected chi connectivity index (χ4v) is 2.55. The molecule has 2 atom stereocenters. The molecule has 0 amide bonds. The summed E-state index contributed by atoms with van der Waals surface area (Å²) in [6, 6.07) is 10.4. The van der Waals surface area contributed by atoms with Crippen molar-refractivity contribution in [3.8, 4) is 0 Å². The minimum atomic E-state index is -0.171. The van der Waals surface area contributed by atoms with Crippen molar-refractivity contribution in [2.75, 3.05) is 19.6 Å². The lowest BCUT2D eigenvalue weighted by atomic mass is 9.88. The maximum atomic E-state index is 10.1. The number of rotatable bonds is 3. The van der Waals surface area contributed by atoms with E-state index in [2.05, 4.69) is 36.1 Å². The molecule has 1 saturated heterocycles. The van der Waals surface area contributed by atoms with Crippen molar-refractivity contribution in [2.45, 2.75) is 31.8 Å². The van der Waals surface area contributed by atoms with Crippen LogP contribution in [0.2, 0.25) is 0 Å². The first-order chi connectivity index (χ1) is 7.81. The Bertz CT molecular complexity index is 312. The van der Waals surface area contributed by atoms with Crippen LogP contribution in [-0.4, -0.2) is 35.7 Å². The summed E-state index contributed by atoms with van der Waals surface area (Å²) in [6.45, 7) is 5.40. The molecule has 0 bridgehead atoms. The summed E-state index contributed by atoms with van der Waals surface area (Å²) >= 11 is 0. The second kappa shape index (κ2) is 5.46. The van der Waals surface area contributed by atoms with Crippen LogP contribution in [-0.2, 0) is 0 Å². The average Bonchev–Trinajstić information content (AvgIpc) is 2.33. The lowest BCUT2D eigenvalue weighted by Crippen LogP contribution is -2.42. The number of likely N-dealkylation sites (tertiary alicyclic amines) is 1. The van der Waals surface area contributed by atoms with Crippen LogP contribution < -0.4 is 0 Å². The highest BCUT2D eigenvalue weighted by molar-refractivity contribution is 5.21. The number of benzene rings is 1. The summed E-state index contributed by atoms with van der Waals surface area (Å²) < 4.78 is 0. The third-order valence-corrected chi connectivity index (χ3v) is 3.43. The number of piperidine rings is 1. The van der Waals surface area contributed by atoms with Crippen LogP contribution in [0.4, 0.5) is 0 Å². The van der Waals surface area contributed by atoms with E-state index in [4.69, 9.17) is 0 Å². The molecule has 16 heavy (non-hydrogen) atoms. The van der Waals surface area contributed by atoms with Gasteiger partial charge in [0.05, 0.1) is 6.10 Å². The van der Waals surface area contributed by atoms with Gasteiger partial charge in [-0.3, -0.25) is 0 Å². The van der Waals surface area contributed by atoms with Gasteiger partial charge in [0.2, 0.25) is 0 Å². The fraction of sp³-hybridized carbons (Fsp3) is 0.571. The van der Waals surface area contributed by atoms with E-state index in [0.29, 0.717) is 5.92 Å². The maximum Gasteiger partial charge on any atom is 0.0633 e. The van der Waals surface area contributed by atoms with Gasteiger partial charge in [0.15, 0.2) is 0 Å². The van der Waals surface area contributed by atoms with E-state index in [-0.39, 0.29) is 6.10 Å². The van der Waals surface area contributed by atoms with Crippen LogP contribution in [0.1, 0.15) is 31.2 Å². The molecule has 2 nitrogen and oxygen atoms in total. The van der Waals surface area contributed by atoms with Gasteiger partial charge < -0.3 is 10.0 Å². The molecular weight excluding hydrogens is 198 g/mol. The smallest absolute Gasteiger partial charge is 0.0633 e. The molecule has 2 rings (SSSR count). The largest absolute Gasteiger partial charge is 0.392 e. The van der Waals surface area contributed by atoms with Gasteiger partial charge >= 0.3 is 0 Å². The van der Waals surface area contributed by atoms with Crippen molar-refractivity contribution in [3.63, 3.8) is 0 Å². The molecule has 1 heterocycles. The molecule has 1 aliphatic heterocycles. The Hall–Kier alpha value is -0.860. The molecule has 1 N–H and O–H groups in total. The zero-order chi connectivity index (χ0) is 11.4. The average molecular weight is 219 g/mol. The maximum absolute atomic E-state index is 10.1. The minimum Gasteiger partial charge on any atom is -0.392 e. The van der Waals surface area contributed by atoms with E-state index in [1.807, 2.05) is 6.07 Å². The lowest BCUT2D eigenvalue weighted by Gasteiger charge is -2.36. The molecule has 88 valence electrons. The molecule has 1 fully saturated rings. The molecule has 0 aromatic heterocycles. The van der Waals surface area contributed by atoms with E-state index in [1.165, 1.54) is 12.0 Å². The van der Waals surface area contributed by atoms with E-state index < -0.39 is 0 Å². The topological polar surface area (TPSA) is 23.5 Å². The number of hydrogen-bond acceptors (Lipinski definition) is 2. The van der Waals surface area contributed by atoms with Crippen molar-refractivity contribution < 1.29 is 5.11 Å². The summed E-state index contributed by atoms with van der Waals surface area (Å²) in [5.74, 6) is 0.293. The van der Waals surface area contributed by atoms with Gasteiger partial charge in [-0.05, 0) is 24.9 Å². The summed E-state index contributed by atoms with van der Waals surface area (Å²) in [5, 5.41) is 10.1. The van der Waals surface area contributed by atoms with Gasteiger partial charge in [-0.2, -0.15) is 0 Å². The zero-order valence-corrected chi connectivity index (χ0v) is 9.97. The third-order valence-electron chi connectivity index (χ3n) is 3.43. The summed E-state index contributed by atoms with van der Waals surface area (Å²) in [4.78, 5) is 2.46. The highest BCUT2D eigenvalue weighted by Crippen LogP contribution is 2.27. The molecular formula is C14H21NO. The first-order valence-electron chi connectivity index (χ1n) is 6.26. The molecule has 1 aromatic carbocycles. The Morgan fingerprint density at radius 1 is 1.31 bits per heavy atom. The van der Waals surface area contributed by atoms with Crippen molar-refractivity contribution >= 4 is 0 Å². The van der Waals surface area contributed by atoms with Crippen LogP contribution in [0.25, 0.3) is 0 Å². The van der Waals surface area contributed by atoms with Crippen molar-refractivity contribution in [2.24, 2.45) is 0 Å². The number of aliphatic hydroxyl groups is 1. The molecule has 0 aliphatic carbocycles. The minimum absolute atomic E-state index is 0.171. The SMILES string of the molecule is CCCN1CCC(O)C(c2ccccc2)C1. The van der Waals surface area contributed by atoms with E-state index >= 15 is 0 Å². The van der Waals surface area contributed by atoms with Crippen LogP contribution in [0.5, 0.6) is 0 Å². The van der Waals surface area contributed by atoms with Gasteiger partial charge in [-0.1, -0.05) is 37.3 Å². The van der Waals surface area contributed by atoms with Crippen molar-refractivity contribution in [1.82, 2.24) is 4.90 Å². The van der Waals surface area contributed by atoms with Crippen LogP contribution in [0, 0.1) is 0 Å². The summed E-state index contributed by atoms with van der Waals surface area (Å²) in [7, 11) is 0. The van der Waals surface area contributed by atoms with Gasteiger partial charge in [0, 0.05) is 19.0 Å². The summed E-state index contributed by atoms with van der Waals surface area (Å²) in [6.07, 6.45) is 1.92. The van der Waals surface area contributed by atoms with Crippen LogP contribution in [0.15, 0.2) is 30.3 Å². The van der Waals surface area contributed by atoms with Gasteiger partial charge in [0.25, 0.3) is 0 Å². The first-order valence-corrected chi connectivity index (χ1v) is 6.26. The molecule has 0 saturated carbocycles. The highest BCUT2D eigenvalue weighted by Gasteiger charge is 2.28. The number of aliphatic hydroxyl groups excluding tert-OH is 1. The third kappa shape index (κ3) is 2.63. The fourth-order valence-electron chi connectivity index (χ4n) is 2.55. The Kier molecular flexibility index (Phi) is 3.97. The Morgan fingerprint density at radius 2 is 2.06 bits per heavy atom. The predicted octanol–water partition coefficient (Wildman–Crippen LogP) is 2.25. The normalized spacial score (nSPS) is 26.9. The van der Waals surface area contributed by atoms with Crippen LogP contribution in [0.3, 0.4) is 0 Å². The zero-order valence-electron chi connectivity index (χ0n) is 9.97. The van der Waals surface area contributed by atoms with Gasteiger partial charge in [-0.25, -0.2) is 0 Å². The molecule has 0 spiro atoms. The molecule has 0 radical (unpaired) electrons. The van der Waals surface area contributed by atoms with E-state index in [1.54, 1.807) is 0 Å². The predicted molar refractivity (Wildman–Crippen MR) is 66.5 cm³/mol. The lowest BCUT2D eigenvalue weighted by molar-refractivity contribution is 0.0601. The van der Waals surface area contributed by atoms with Crippen LogP contribution >= 0.6 is 0 Å². The van der Waals surface area contributed by atoms with E-state index in [9.17, 15) is 5.11 Å². The second-order valence-electron chi connectivity index (χ2n) is 4.67. The monoisotopic (exact) mass is 219 g/mol.